The lowest BCUT2D eigenvalue weighted by molar-refractivity contribution is -0.137. The SMILES string of the molecule is COc1ccc(CN2C(=O)c3c(c(-c4c(C(N)=O)cc(F)cc4C(F)(F)F)cc4c(=O)n(C)ccc34)C2c2cc(F)ccc2Cl)cc1. The van der Waals surface area contributed by atoms with Crippen molar-refractivity contribution in [3.8, 4) is 16.9 Å². The van der Waals surface area contributed by atoms with Gasteiger partial charge in [0.1, 0.15) is 17.4 Å². The first-order valence-corrected chi connectivity index (χ1v) is 14.3. The molecule has 6 rings (SSSR count). The number of aryl methyl sites for hydroxylation is 1. The number of carbonyl (C=O) groups excluding carboxylic acids is 2. The van der Waals surface area contributed by atoms with E-state index in [4.69, 9.17) is 22.1 Å². The van der Waals surface area contributed by atoms with Crippen LogP contribution in [0.15, 0.2) is 77.7 Å². The maximum Gasteiger partial charge on any atom is 0.417 e. The van der Waals surface area contributed by atoms with Crippen LogP contribution in [0.25, 0.3) is 21.9 Å². The normalized spacial score (nSPS) is 14.5. The first kappa shape index (κ1) is 31.7. The largest absolute Gasteiger partial charge is 0.497 e. The van der Waals surface area contributed by atoms with Gasteiger partial charge >= 0.3 is 6.18 Å². The number of amides is 2. The number of methoxy groups -OCH3 is 1. The summed E-state index contributed by atoms with van der Waals surface area (Å²) < 4.78 is 79.8. The molecule has 240 valence electrons. The fourth-order valence-electron chi connectivity index (χ4n) is 6.10. The molecule has 0 aliphatic carbocycles. The molecule has 5 aromatic rings. The Morgan fingerprint density at radius 3 is 2.28 bits per heavy atom. The monoisotopic (exact) mass is 667 g/mol. The van der Waals surface area contributed by atoms with Gasteiger partial charge in [0.25, 0.3) is 11.5 Å². The van der Waals surface area contributed by atoms with Crippen molar-refractivity contribution in [1.82, 2.24) is 9.47 Å². The van der Waals surface area contributed by atoms with Crippen LogP contribution in [0.2, 0.25) is 5.02 Å². The molecular formula is C34H23ClF5N3O4. The van der Waals surface area contributed by atoms with Crippen molar-refractivity contribution in [2.75, 3.05) is 7.11 Å². The molecule has 1 aromatic heterocycles. The highest BCUT2D eigenvalue weighted by Gasteiger charge is 2.45. The van der Waals surface area contributed by atoms with Crippen LogP contribution < -0.4 is 16.0 Å². The molecule has 47 heavy (non-hydrogen) atoms. The second kappa shape index (κ2) is 11.5. The number of carbonyl (C=O) groups is 2. The molecule has 4 aromatic carbocycles. The number of nitrogens with two attached hydrogens (primary N) is 1. The zero-order chi connectivity index (χ0) is 33.9. The maximum absolute atomic E-state index is 14.8. The topological polar surface area (TPSA) is 94.6 Å². The molecule has 0 saturated carbocycles. The molecular weight excluding hydrogens is 645 g/mol. The highest BCUT2D eigenvalue weighted by atomic mass is 35.5. The van der Waals surface area contributed by atoms with E-state index in [1.54, 1.807) is 24.3 Å². The van der Waals surface area contributed by atoms with E-state index < -0.39 is 63.5 Å². The van der Waals surface area contributed by atoms with E-state index in [0.717, 1.165) is 22.8 Å². The number of rotatable bonds is 6. The molecule has 1 unspecified atom stereocenters. The van der Waals surface area contributed by atoms with Gasteiger partial charge in [-0.3, -0.25) is 14.4 Å². The summed E-state index contributed by atoms with van der Waals surface area (Å²) in [5.74, 6) is -3.71. The van der Waals surface area contributed by atoms with Crippen molar-refractivity contribution < 1.29 is 36.3 Å². The summed E-state index contributed by atoms with van der Waals surface area (Å²) in [7, 11) is 2.88. The van der Waals surface area contributed by atoms with Crippen LogP contribution in [0.5, 0.6) is 5.75 Å². The van der Waals surface area contributed by atoms with E-state index in [1.807, 2.05) is 0 Å². The second-order valence-electron chi connectivity index (χ2n) is 11.0. The molecule has 13 heteroatoms. The predicted octanol–water partition coefficient (Wildman–Crippen LogP) is 7.01. The lowest BCUT2D eigenvalue weighted by atomic mass is 9.83. The Bertz CT molecular complexity index is 2180. The highest BCUT2D eigenvalue weighted by molar-refractivity contribution is 6.31. The van der Waals surface area contributed by atoms with Gasteiger partial charge in [-0.25, -0.2) is 8.78 Å². The van der Waals surface area contributed by atoms with Gasteiger partial charge < -0.3 is 19.9 Å². The number of hydrogen-bond acceptors (Lipinski definition) is 4. The van der Waals surface area contributed by atoms with Gasteiger partial charge in [-0.1, -0.05) is 23.7 Å². The third kappa shape index (κ3) is 5.38. The molecule has 2 heterocycles. The number of ether oxygens (including phenoxy) is 1. The number of aromatic nitrogens is 1. The lowest BCUT2D eigenvalue weighted by Crippen LogP contribution is -2.28. The van der Waals surface area contributed by atoms with Gasteiger partial charge in [-0.2, -0.15) is 13.2 Å². The average Bonchev–Trinajstić information content (AvgIpc) is 3.31. The number of nitrogens with zero attached hydrogens (tertiary/aromatic N) is 2. The Morgan fingerprint density at radius 2 is 1.64 bits per heavy atom. The summed E-state index contributed by atoms with van der Waals surface area (Å²) >= 11 is 6.59. The summed E-state index contributed by atoms with van der Waals surface area (Å²) in [5, 5.41) is -0.0691. The smallest absolute Gasteiger partial charge is 0.417 e. The molecule has 0 fully saturated rings. The standard InChI is InChI=1S/C34H23ClF5N3O4/c1-42-10-9-20-21(32(42)45)14-23(27-24(31(41)44)12-18(37)13-25(27)34(38,39)40)28-29(20)33(46)43(15-16-3-6-19(47-2)7-4-16)30(28)22-11-17(36)5-8-26(22)35/h3-14,30H,15H2,1-2H3,(H2,41,44). The molecule has 2 N–H and O–H groups in total. The Morgan fingerprint density at radius 1 is 0.936 bits per heavy atom. The minimum Gasteiger partial charge on any atom is -0.497 e. The van der Waals surface area contributed by atoms with Crippen LogP contribution in [0.3, 0.4) is 0 Å². The predicted molar refractivity (Wildman–Crippen MR) is 164 cm³/mol. The van der Waals surface area contributed by atoms with E-state index >= 15 is 0 Å². The number of alkyl halides is 3. The van der Waals surface area contributed by atoms with Crippen molar-refractivity contribution >= 4 is 34.2 Å². The first-order valence-electron chi connectivity index (χ1n) is 14.0. The molecule has 1 aliphatic rings. The molecule has 2 amide bonds. The van der Waals surface area contributed by atoms with Gasteiger partial charge in [0.15, 0.2) is 0 Å². The fourth-order valence-corrected chi connectivity index (χ4v) is 6.32. The van der Waals surface area contributed by atoms with Gasteiger partial charge in [-0.05, 0) is 65.7 Å². The van der Waals surface area contributed by atoms with Crippen LogP contribution >= 0.6 is 11.6 Å². The van der Waals surface area contributed by atoms with Crippen LogP contribution in [0.1, 0.15) is 49.0 Å². The van der Waals surface area contributed by atoms with Crippen molar-refractivity contribution in [3.63, 3.8) is 0 Å². The molecule has 1 atom stereocenters. The zero-order valence-corrected chi connectivity index (χ0v) is 25.3. The molecule has 7 nitrogen and oxygen atoms in total. The highest BCUT2D eigenvalue weighted by Crippen LogP contribution is 2.51. The van der Waals surface area contributed by atoms with Gasteiger partial charge in [0.05, 0.1) is 29.8 Å². The van der Waals surface area contributed by atoms with Crippen LogP contribution in [0.4, 0.5) is 22.0 Å². The average molecular weight is 668 g/mol. The summed E-state index contributed by atoms with van der Waals surface area (Å²) in [6, 6.07) is 12.0. The van der Waals surface area contributed by atoms with Gasteiger partial charge in [-0.15, -0.1) is 0 Å². The molecule has 0 saturated heterocycles. The van der Waals surface area contributed by atoms with E-state index in [9.17, 15) is 36.3 Å². The summed E-state index contributed by atoms with van der Waals surface area (Å²) in [5.41, 5.74) is 1.55. The number of pyridine rings is 1. The van der Waals surface area contributed by atoms with E-state index in [-0.39, 0.29) is 45.1 Å². The number of primary amides is 1. The lowest BCUT2D eigenvalue weighted by Gasteiger charge is -2.28. The zero-order valence-electron chi connectivity index (χ0n) is 24.6. The minimum atomic E-state index is -5.22. The Hall–Kier alpha value is -5.23. The van der Waals surface area contributed by atoms with Gasteiger partial charge in [0.2, 0.25) is 5.91 Å². The molecule has 0 spiro atoms. The third-order valence-electron chi connectivity index (χ3n) is 8.19. The van der Waals surface area contributed by atoms with Crippen LogP contribution in [0, 0.1) is 11.6 Å². The van der Waals surface area contributed by atoms with E-state index in [2.05, 4.69) is 0 Å². The van der Waals surface area contributed by atoms with Crippen LogP contribution in [-0.2, 0) is 19.8 Å². The molecule has 0 radical (unpaired) electrons. The summed E-state index contributed by atoms with van der Waals surface area (Å²) in [6.07, 6.45) is -3.83. The fraction of sp³-hybridized carbons (Fsp3) is 0.147. The third-order valence-corrected chi connectivity index (χ3v) is 8.54. The Kier molecular flexibility index (Phi) is 7.79. The molecule has 0 bridgehead atoms. The van der Waals surface area contributed by atoms with Crippen LogP contribution in [-0.4, -0.2) is 28.4 Å². The van der Waals surface area contributed by atoms with Crippen molar-refractivity contribution in [2.24, 2.45) is 12.8 Å². The van der Waals surface area contributed by atoms with E-state index in [0.29, 0.717) is 17.4 Å². The minimum absolute atomic E-state index is 0.0166. The Balaban J connectivity index is 1.79. The van der Waals surface area contributed by atoms with Crippen molar-refractivity contribution in [1.29, 1.82) is 0 Å². The number of halogens is 6. The number of benzene rings is 4. The second-order valence-corrected chi connectivity index (χ2v) is 11.4. The number of fused-ring (bicyclic) bond motifs is 3. The first-order chi connectivity index (χ1) is 22.2. The quantitative estimate of drug-likeness (QED) is 0.197. The van der Waals surface area contributed by atoms with Crippen molar-refractivity contribution in [3.05, 3.63) is 133 Å². The maximum atomic E-state index is 14.8. The molecule has 1 aliphatic heterocycles. The number of hydrogen-bond donors (Lipinski definition) is 1. The van der Waals surface area contributed by atoms with Crippen molar-refractivity contribution in [2.45, 2.75) is 18.8 Å². The Labute approximate surface area is 268 Å². The summed E-state index contributed by atoms with van der Waals surface area (Å²) in [6.45, 7) is -0.140. The van der Waals surface area contributed by atoms with E-state index in [1.165, 1.54) is 37.4 Å². The van der Waals surface area contributed by atoms with Gasteiger partial charge in [0, 0.05) is 52.3 Å². The summed E-state index contributed by atoms with van der Waals surface area (Å²) in [4.78, 5) is 41.9.